The normalized spacial score (nSPS) is 12.6. The minimum atomic E-state index is -4.51. The van der Waals surface area contributed by atoms with Gasteiger partial charge in [-0.15, -0.1) is 11.3 Å². The summed E-state index contributed by atoms with van der Waals surface area (Å²) in [4.78, 5) is 4.32. The van der Waals surface area contributed by atoms with Gasteiger partial charge in [0.25, 0.3) is 0 Å². The molecule has 0 amide bonds. The van der Waals surface area contributed by atoms with Gasteiger partial charge in [-0.05, 0) is 39.6 Å². The second kappa shape index (κ2) is 8.54. The summed E-state index contributed by atoms with van der Waals surface area (Å²) in [6.07, 6.45) is -3.52. The van der Waals surface area contributed by atoms with E-state index in [1.54, 1.807) is 12.1 Å². The first-order valence-electron chi connectivity index (χ1n) is 12.1. The quantitative estimate of drug-likeness (QED) is 0.209. The minimum Gasteiger partial charge on any atom is -0.254 e. The van der Waals surface area contributed by atoms with Crippen LogP contribution < -0.4 is 5.19 Å². The van der Waals surface area contributed by atoms with Crippen molar-refractivity contribution in [1.82, 2.24) is 4.98 Å². The second-order valence-electron chi connectivity index (χ2n) is 10.4. The SMILES string of the molecule is C[Si](C)(C)c1ccc(-c2ccc(-c3c(C(F)(F)F)cnc4c3sc3cc5ccccc5cc34)cc2)cc1. The lowest BCUT2D eigenvalue weighted by Gasteiger charge is -2.17. The predicted octanol–water partition coefficient (Wildman–Crippen LogP) is 9.50. The first kappa shape index (κ1) is 23.9. The average molecular weight is 528 g/mol. The Morgan fingerprint density at radius 1 is 0.730 bits per heavy atom. The smallest absolute Gasteiger partial charge is 0.254 e. The van der Waals surface area contributed by atoms with Crippen LogP contribution in [0.2, 0.25) is 19.6 Å². The summed E-state index contributed by atoms with van der Waals surface area (Å²) in [6, 6.07) is 28.0. The van der Waals surface area contributed by atoms with Gasteiger partial charge in [-0.2, -0.15) is 13.2 Å². The van der Waals surface area contributed by atoms with Crippen LogP contribution in [0, 0.1) is 0 Å². The summed E-state index contributed by atoms with van der Waals surface area (Å²) in [5.41, 5.74) is 2.68. The molecular formula is C31H24F3NSSi. The van der Waals surface area contributed by atoms with Crippen molar-refractivity contribution in [3.05, 3.63) is 96.7 Å². The van der Waals surface area contributed by atoms with Crippen LogP contribution in [0.25, 0.3) is 53.3 Å². The Balaban J connectivity index is 1.52. The Morgan fingerprint density at radius 2 is 1.30 bits per heavy atom. The molecule has 0 bridgehead atoms. The van der Waals surface area contributed by atoms with Gasteiger partial charge in [-0.1, -0.05) is 97.6 Å². The molecule has 0 spiro atoms. The van der Waals surface area contributed by atoms with Crippen LogP contribution in [0.3, 0.4) is 0 Å². The van der Waals surface area contributed by atoms with Gasteiger partial charge in [0.2, 0.25) is 0 Å². The van der Waals surface area contributed by atoms with Gasteiger partial charge in [0, 0.05) is 21.8 Å². The molecule has 37 heavy (non-hydrogen) atoms. The van der Waals surface area contributed by atoms with Gasteiger partial charge in [0.1, 0.15) is 0 Å². The van der Waals surface area contributed by atoms with E-state index in [0.29, 0.717) is 15.8 Å². The number of hydrogen-bond acceptors (Lipinski definition) is 2. The lowest BCUT2D eigenvalue weighted by atomic mass is 9.97. The lowest BCUT2D eigenvalue weighted by molar-refractivity contribution is -0.137. The zero-order valence-corrected chi connectivity index (χ0v) is 22.5. The van der Waals surface area contributed by atoms with E-state index in [-0.39, 0.29) is 5.56 Å². The monoisotopic (exact) mass is 527 g/mol. The second-order valence-corrected chi connectivity index (χ2v) is 16.6. The Bertz CT molecular complexity index is 1780. The van der Waals surface area contributed by atoms with E-state index in [2.05, 4.69) is 48.9 Å². The summed E-state index contributed by atoms with van der Waals surface area (Å²) in [5, 5.41) is 4.36. The highest BCUT2D eigenvalue weighted by molar-refractivity contribution is 7.26. The molecule has 6 rings (SSSR count). The number of halogens is 3. The third-order valence-corrected chi connectivity index (χ3v) is 10.1. The van der Waals surface area contributed by atoms with Crippen molar-refractivity contribution in [2.75, 3.05) is 0 Å². The summed E-state index contributed by atoms with van der Waals surface area (Å²) in [5.74, 6) is 0. The Morgan fingerprint density at radius 3 is 1.89 bits per heavy atom. The van der Waals surface area contributed by atoms with E-state index < -0.39 is 19.8 Å². The molecule has 0 unspecified atom stereocenters. The molecule has 0 N–H and O–H groups in total. The van der Waals surface area contributed by atoms with E-state index in [9.17, 15) is 13.2 Å². The molecule has 0 saturated carbocycles. The van der Waals surface area contributed by atoms with E-state index >= 15 is 0 Å². The maximum absolute atomic E-state index is 14.2. The van der Waals surface area contributed by atoms with Crippen molar-refractivity contribution in [3.63, 3.8) is 0 Å². The number of nitrogens with zero attached hydrogens (tertiary/aromatic N) is 1. The van der Waals surface area contributed by atoms with Crippen LogP contribution in [0.5, 0.6) is 0 Å². The Hall–Kier alpha value is -3.48. The minimum absolute atomic E-state index is 0.198. The molecule has 4 aromatic carbocycles. The van der Waals surface area contributed by atoms with Gasteiger partial charge in [0.15, 0.2) is 0 Å². The van der Waals surface area contributed by atoms with Crippen LogP contribution >= 0.6 is 11.3 Å². The van der Waals surface area contributed by atoms with Gasteiger partial charge in [-0.3, -0.25) is 4.98 Å². The maximum atomic E-state index is 14.2. The van der Waals surface area contributed by atoms with Crippen molar-refractivity contribution >= 4 is 55.7 Å². The summed E-state index contributed by atoms with van der Waals surface area (Å²) in [7, 11) is -1.40. The first-order valence-corrected chi connectivity index (χ1v) is 16.4. The highest BCUT2D eigenvalue weighted by Crippen LogP contribution is 2.46. The maximum Gasteiger partial charge on any atom is 0.418 e. The zero-order chi connectivity index (χ0) is 25.9. The zero-order valence-electron chi connectivity index (χ0n) is 20.6. The fourth-order valence-corrected chi connectivity index (χ4v) is 7.30. The number of pyridine rings is 1. The number of alkyl halides is 3. The van der Waals surface area contributed by atoms with Crippen molar-refractivity contribution in [2.24, 2.45) is 0 Å². The van der Waals surface area contributed by atoms with Gasteiger partial charge in [0.05, 0.1) is 23.9 Å². The van der Waals surface area contributed by atoms with Crippen LogP contribution in [0.15, 0.2) is 91.1 Å². The van der Waals surface area contributed by atoms with Crippen molar-refractivity contribution in [1.29, 1.82) is 0 Å². The molecule has 184 valence electrons. The number of fused-ring (bicyclic) bond motifs is 4. The first-order chi connectivity index (χ1) is 17.6. The van der Waals surface area contributed by atoms with Gasteiger partial charge in [-0.25, -0.2) is 0 Å². The van der Waals surface area contributed by atoms with Gasteiger partial charge >= 0.3 is 6.18 Å². The topological polar surface area (TPSA) is 12.9 Å². The van der Waals surface area contributed by atoms with Crippen molar-refractivity contribution in [2.45, 2.75) is 25.8 Å². The molecule has 0 saturated heterocycles. The van der Waals surface area contributed by atoms with E-state index in [4.69, 9.17) is 0 Å². The van der Waals surface area contributed by atoms with Crippen LogP contribution in [0.4, 0.5) is 13.2 Å². The highest BCUT2D eigenvalue weighted by atomic mass is 32.1. The summed E-state index contributed by atoms with van der Waals surface area (Å²) in [6.45, 7) is 6.92. The van der Waals surface area contributed by atoms with E-state index in [1.165, 1.54) is 16.5 Å². The molecule has 6 heteroatoms. The van der Waals surface area contributed by atoms with Crippen molar-refractivity contribution in [3.8, 4) is 22.3 Å². The molecule has 0 atom stereocenters. The summed E-state index contributed by atoms with van der Waals surface area (Å²) >= 11 is 1.37. The van der Waals surface area contributed by atoms with E-state index in [1.807, 2.05) is 48.5 Å². The molecule has 0 aliphatic carbocycles. The number of hydrogen-bond donors (Lipinski definition) is 0. The molecular weight excluding hydrogens is 503 g/mol. The van der Waals surface area contributed by atoms with Crippen LogP contribution in [-0.4, -0.2) is 13.1 Å². The molecule has 0 radical (unpaired) electrons. The molecule has 0 fully saturated rings. The Kier molecular flexibility index (Phi) is 5.51. The standard InChI is InChI=1S/C31H24F3NSSi/c1-37(2,3)24-14-12-20(13-15-24)19-8-10-21(11-9-19)28-26(31(32,33)34)18-35-29-25-16-22-6-4-5-7-23(22)17-27(25)36-30(28)29/h4-18H,1-3H3. The van der Waals surface area contributed by atoms with Crippen molar-refractivity contribution < 1.29 is 13.2 Å². The predicted molar refractivity (Wildman–Crippen MR) is 153 cm³/mol. The van der Waals surface area contributed by atoms with Gasteiger partial charge < -0.3 is 0 Å². The number of benzene rings is 4. The largest absolute Gasteiger partial charge is 0.418 e. The fourth-order valence-electron chi connectivity index (χ4n) is 4.88. The van der Waals surface area contributed by atoms with E-state index in [0.717, 1.165) is 38.2 Å². The molecule has 2 aromatic heterocycles. The molecule has 6 aromatic rings. The third-order valence-electron chi connectivity index (χ3n) is 6.91. The molecule has 0 aliphatic rings. The fraction of sp³-hybridized carbons (Fsp3) is 0.129. The number of thiophene rings is 1. The third kappa shape index (κ3) is 4.24. The average Bonchev–Trinajstić information content (AvgIpc) is 3.23. The molecule has 2 heterocycles. The summed E-state index contributed by atoms with van der Waals surface area (Å²) < 4.78 is 44.1. The molecule has 0 aliphatic heterocycles. The van der Waals surface area contributed by atoms with Crippen LogP contribution in [-0.2, 0) is 6.18 Å². The lowest BCUT2D eigenvalue weighted by Crippen LogP contribution is -2.37. The highest BCUT2D eigenvalue weighted by Gasteiger charge is 2.36. The molecule has 1 nitrogen and oxygen atoms in total. The van der Waals surface area contributed by atoms with Crippen LogP contribution in [0.1, 0.15) is 5.56 Å². The number of aromatic nitrogens is 1. The Labute approximate surface area is 218 Å². The number of rotatable bonds is 3.